The lowest BCUT2D eigenvalue weighted by atomic mass is 9.85. The number of ether oxygens (including phenoxy) is 1. The predicted molar refractivity (Wildman–Crippen MR) is 111 cm³/mol. The fourth-order valence-electron chi connectivity index (χ4n) is 3.55. The summed E-state index contributed by atoms with van der Waals surface area (Å²) in [4.78, 5) is 20.9. The minimum Gasteiger partial charge on any atom is -0.408 e. The Hall–Kier alpha value is -2.72. The van der Waals surface area contributed by atoms with Crippen LogP contribution >= 0.6 is 15.9 Å². The molecule has 1 amide bonds. The monoisotopic (exact) mass is 460 g/mol. The number of aliphatic hydroxyl groups excluding tert-OH is 1. The van der Waals surface area contributed by atoms with Gasteiger partial charge < -0.3 is 15.2 Å². The van der Waals surface area contributed by atoms with Crippen LogP contribution in [-0.4, -0.2) is 43.4 Å². The van der Waals surface area contributed by atoms with E-state index in [1.54, 1.807) is 30.6 Å². The Morgan fingerprint density at radius 2 is 2.21 bits per heavy atom. The third-order valence-corrected chi connectivity index (χ3v) is 5.54. The van der Waals surface area contributed by atoms with Gasteiger partial charge in [-0.15, -0.1) is 0 Å². The molecule has 1 saturated carbocycles. The largest absolute Gasteiger partial charge is 0.418 e. The zero-order chi connectivity index (χ0) is 20.2. The topological polar surface area (TPSA) is 114 Å². The molecule has 0 aliphatic heterocycles. The SMILES string of the molecule is O=C(Nc1cc(NC2CCCCC2CO)nc2c(Br)cnn12)Oc1cccnc1. The van der Waals surface area contributed by atoms with Crippen molar-refractivity contribution in [2.75, 3.05) is 17.2 Å². The number of carbonyl (C=O) groups excluding carboxylic acids is 1. The van der Waals surface area contributed by atoms with Crippen LogP contribution in [0.3, 0.4) is 0 Å². The number of fused-ring (bicyclic) bond motifs is 1. The van der Waals surface area contributed by atoms with Gasteiger partial charge in [0.15, 0.2) is 11.4 Å². The second kappa shape index (κ2) is 8.75. The number of hydrogen-bond acceptors (Lipinski definition) is 7. The number of amides is 1. The molecular weight excluding hydrogens is 440 g/mol. The van der Waals surface area contributed by atoms with E-state index in [9.17, 15) is 9.90 Å². The Kier molecular flexibility index (Phi) is 5.91. The van der Waals surface area contributed by atoms with Crippen molar-refractivity contribution in [2.45, 2.75) is 31.7 Å². The van der Waals surface area contributed by atoms with Crippen molar-refractivity contribution in [1.82, 2.24) is 19.6 Å². The summed E-state index contributed by atoms with van der Waals surface area (Å²) in [6, 6.07) is 5.16. The lowest BCUT2D eigenvalue weighted by molar-refractivity contribution is 0.178. The molecule has 0 bridgehead atoms. The number of anilines is 2. The van der Waals surface area contributed by atoms with Crippen molar-refractivity contribution >= 4 is 39.3 Å². The Morgan fingerprint density at radius 1 is 1.34 bits per heavy atom. The smallest absolute Gasteiger partial charge is 0.408 e. The second-order valence-electron chi connectivity index (χ2n) is 6.94. The molecule has 10 heteroatoms. The van der Waals surface area contributed by atoms with Crippen LogP contribution in [-0.2, 0) is 0 Å². The van der Waals surface area contributed by atoms with Crippen molar-refractivity contribution in [1.29, 1.82) is 0 Å². The first-order valence-corrected chi connectivity index (χ1v) is 10.2. The summed E-state index contributed by atoms with van der Waals surface area (Å²) in [6.45, 7) is 0.138. The molecule has 2 atom stereocenters. The van der Waals surface area contributed by atoms with E-state index in [-0.39, 0.29) is 18.6 Å². The lowest BCUT2D eigenvalue weighted by Crippen LogP contribution is -2.34. The maximum absolute atomic E-state index is 12.3. The molecule has 3 heterocycles. The highest BCUT2D eigenvalue weighted by atomic mass is 79.9. The van der Waals surface area contributed by atoms with Gasteiger partial charge in [0.05, 0.1) is 16.9 Å². The fourth-order valence-corrected chi connectivity index (χ4v) is 3.90. The van der Waals surface area contributed by atoms with Crippen molar-refractivity contribution in [3.05, 3.63) is 41.3 Å². The maximum Gasteiger partial charge on any atom is 0.418 e. The molecule has 9 nitrogen and oxygen atoms in total. The zero-order valence-corrected chi connectivity index (χ0v) is 17.2. The summed E-state index contributed by atoms with van der Waals surface area (Å²) in [7, 11) is 0. The van der Waals surface area contributed by atoms with Crippen LogP contribution in [0.4, 0.5) is 16.4 Å². The van der Waals surface area contributed by atoms with Crippen LogP contribution in [0.2, 0.25) is 0 Å². The molecule has 3 N–H and O–H groups in total. The van der Waals surface area contributed by atoms with Gasteiger partial charge in [-0.05, 0) is 40.9 Å². The summed E-state index contributed by atoms with van der Waals surface area (Å²) in [6.07, 6.45) is 8.18. The van der Waals surface area contributed by atoms with E-state index in [1.165, 1.54) is 10.7 Å². The molecule has 3 aromatic rings. The highest BCUT2D eigenvalue weighted by Crippen LogP contribution is 2.28. The number of nitrogens with zero attached hydrogens (tertiary/aromatic N) is 4. The molecule has 1 aliphatic carbocycles. The lowest BCUT2D eigenvalue weighted by Gasteiger charge is -2.31. The van der Waals surface area contributed by atoms with Gasteiger partial charge in [0.2, 0.25) is 0 Å². The number of pyridine rings is 1. The maximum atomic E-state index is 12.3. The molecule has 152 valence electrons. The number of hydrogen-bond donors (Lipinski definition) is 3. The molecule has 4 rings (SSSR count). The molecule has 1 fully saturated rings. The first-order chi connectivity index (χ1) is 14.1. The zero-order valence-electron chi connectivity index (χ0n) is 15.6. The standard InChI is InChI=1S/C19H21BrN6O3/c20-14-10-22-26-17(25-19(28)29-13-5-3-7-21-9-13)8-16(24-18(14)26)23-15-6-2-1-4-12(15)11-27/h3,5,7-10,12,15,27H,1-2,4,6,11H2,(H,23,24)(H,25,28). The van der Waals surface area contributed by atoms with Gasteiger partial charge >= 0.3 is 6.09 Å². The normalized spacial score (nSPS) is 19.1. The van der Waals surface area contributed by atoms with Gasteiger partial charge in [-0.1, -0.05) is 12.8 Å². The molecular formula is C19H21BrN6O3. The Bertz CT molecular complexity index is 996. The quantitative estimate of drug-likeness (QED) is 0.533. The first-order valence-electron chi connectivity index (χ1n) is 9.44. The molecule has 0 spiro atoms. The molecule has 0 aromatic carbocycles. The molecule has 3 aromatic heterocycles. The molecule has 29 heavy (non-hydrogen) atoms. The van der Waals surface area contributed by atoms with E-state index in [0.717, 1.165) is 25.7 Å². The molecule has 1 aliphatic rings. The van der Waals surface area contributed by atoms with E-state index >= 15 is 0 Å². The minimum atomic E-state index is -0.658. The average Bonchev–Trinajstić information content (AvgIpc) is 3.10. The van der Waals surface area contributed by atoms with Gasteiger partial charge in [-0.25, -0.2) is 9.78 Å². The van der Waals surface area contributed by atoms with E-state index in [2.05, 4.69) is 41.6 Å². The second-order valence-corrected chi connectivity index (χ2v) is 7.79. The van der Waals surface area contributed by atoms with Crippen LogP contribution in [0.1, 0.15) is 25.7 Å². The molecule has 2 unspecified atom stereocenters. The van der Waals surface area contributed by atoms with Crippen LogP contribution in [0, 0.1) is 5.92 Å². The third-order valence-electron chi connectivity index (χ3n) is 4.98. The van der Waals surface area contributed by atoms with Gasteiger partial charge in [0.25, 0.3) is 0 Å². The fraction of sp³-hybridized carbons (Fsp3) is 0.368. The predicted octanol–water partition coefficient (Wildman–Crippen LogP) is 3.46. The molecule has 0 radical (unpaired) electrons. The highest BCUT2D eigenvalue weighted by molar-refractivity contribution is 9.10. The number of aliphatic hydroxyl groups is 1. The van der Waals surface area contributed by atoms with Gasteiger partial charge in [-0.2, -0.15) is 9.61 Å². The van der Waals surface area contributed by atoms with Gasteiger partial charge in [-0.3, -0.25) is 10.3 Å². The summed E-state index contributed by atoms with van der Waals surface area (Å²) < 4.78 is 7.48. The van der Waals surface area contributed by atoms with Crippen LogP contribution in [0.5, 0.6) is 5.75 Å². The molecule has 0 saturated heterocycles. The van der Waals surface area contributed by atoms with E-state index in [0.29, 0.717) is 27.5 Å². The van der Waals surface area contributed by atoms with Crippen LogP contribution in [0.15, 0.2) is 41.3 Å². The Balaban J connectivity index is 1.58. The van der Waals surface area contributed by atoms with Crippen LogP contribution in [0.25, 0.3) is 5.65 Å². The number of carbonyl (C=O) groups is 1. The number of halogens is 1. The van der Waals surface area contributed by atoms with Gasteiger partial charge in [0, 0.05) is 30.8 Å². The summed E-state index contributed by atoms with van der Waals surface area (Å²) in [5.41, 5.74) is 0.558. The van der Waals surface area contributed by atoms with Crippen molar-refractivity contribution < 1.29 is 14.6 Å². The number of aromatic nitrogens is 4. The average molecular weight is 461 g/mol. The van der Waals surface area contributed by atoms with E-state index < -0.39 is 6.09 Å². The third kappa shape index (κ3) is 4.48. The van der Waals surface area contributed by atoms with Crippen LogP contribution < -0.4 is 15.4 Å². The Labute approximate surface area is 175 Å². The summed E-state index contributed by atoms with van der Waals surface area (Å²) >= 11 is 3.44. The van der Waals surface area contributed by atoms with Gasteiger partial charge in [0.1, 0.15) is 11.6 Å². The van der Waals surface area contributed by atoms with E-state index in [4.69, 9.17) is 4.74 Å². The van der Waals surface area contributed by atoms with E-state index in [1.807, 2.05) is 0 Å². The minimum absolute atomic E-state index is 0.126. The highest BCUT2D eigenvalue weighted by Gasteiger charge is 2.25. The summed E-state index contributed by atoms with van der Waals surface area (Å²) in [5, 5.41) is 20.1. The van der Waals surface area contributed by atoms with Crippen molar-refractivity contribution in [2.24, 2.45) is 5.92 Å². The first kappa shape index (κ1) is 19.6. The summed E-state index contributed by atoms with van der Waals surface area (Å²) in [5.74, 6) is 1.53. The number of nitrogens with one attached hydrogen (secondary N) is 2. The van der Waals surface area contributed by atoms with Crippen molar-refractivity contribution in [3.63, 3.8) is 0 Å². The Morgan fingerprint density at radius 3 is 3.00 bits per heavy atom. The number of rotatable bonds is 5. The van der Waals surface area contributed by atoms with Crippen molar-refractivity contribution in [3.8, 4) is 5.75 Å².